The number of aryl methyl sites for hydroxylation is 1. The molecule has 0 aliphatic carbocycles. The van der Waals surface area contributed by atoms with Crippen LogP contribution in [0.1, 0.15) is 56.6 Å². The van der Waals surface area contributed by atoms with Crippen LogP contribution in [0.25, 0.3) is 0 Å². The second kappa shape index (κ2) is 7.84. The third-order valence-corrected chi connectivity index (χ3v) is 4.26. The summed E-state index contributed by atoms with van der Waals surface area (Å²) in [5.74, 6) is 3.09. The van der Waals surface area contributed by atoms with Crippen LogP contribution >= 0.6 is 0 Å². The molecule has 0 spiro atoms. The van der Waals surface area contributed by atoms with Crippen LogP contribution in [0.5, 0.6) is 0 Å². The molecule has 0 radical (unpaired) electrons. The van der Waals surface area contributed by atoms with Crippen LogP contribution in [0.4, 0.5) is 0 Å². The number of hydrogen-bond donors (Lipinski definition) is 1. The summed E-state index contributed by atoms with van der Waals surface area (Å²) < 4.78 is 5.86. The molecule has 2 heterocycles. The molecule has 0 saturated carbocycles. The summed E-state index contributed by atoms with van der Waals surface area (Å²) in [5, 5.41) is 3.40. The van der Waals surface area contributed by atoms with Crippen LogP contribution in [0.3, 0.4) is 0 Å². The standard InChI is InChI=1S/C17H30N2O/c1-4-6-15-7-9-19(12-15)13-16-10-17(20-14(16)3)11-18-8-5-2/h10,15,18H,4-9,11-13H2,1-3H3. The Morgan fingerprint density at radius 3 is 2.95 bits per heavy atom. The first-order chi connectivity index (χ1) is 9.72. The van der Waals surface area contributed by atoms with Gasteiger partial charge in [0.1, 0.15) is 11.5 Å². The Morgan fingerprint density at radius 1 is 1.35 bits per heavy atom. The quantitative estimate of drug-likeness (QED) is 0.735. The maximum absolute atomic E-state index is 5.86. The lowest BCUT2D eigenvalue weighted by Crippen LogP contribution is -2.20. The first-order valence-electron chi connectivity index (χ1n) is 8.24. The summed E-state index contributed by atoms with van der Waals surface area (Å²) in [7, 11) is 0. The monoisotopic (exact) mass is 278 g/mol. The van der Waals surface area contributed by atoms with E-state index in [-0.39, 0.29) is 0 Å². The number of nitrogens with one attached hydrogen (secondary N) is 1. The highest BCUT2D eigenvalue weighted by molar-refractivity contribution is 5.21. The highest BCUT2D eigenvalue weighted by Gasteiger charge is 2.22. The van der Waals surface area contributed by atoms with Gasteiger partial charge in [-0.15, -0.1) is 0 Å². The van der Waals surface area contributed by atoms with Crippen molar-refractivity contribution >= 4 is 0 Å². The van der Waals surface area contributed by atoms with Gasteiger partial charge in [0, 0.05) is 18.7 Å². The zero-order chi connectivity index (χ0) is 14.4. The zero-order valence-corrected chi connectivity index (χ0v) is 13.4. The van der Waals surface area contributed by atoms with E-state index in [1.54, 1.807) is 0 Å². The van der Waals surface area contributed by atoms with E-state index in [1.165, 1.54) is 44.3 Å². The fraction of sp³-hybridized carbons (Fsp3) is 0.765. The molecule has 1 saturated heterocycles. The van der Waals surface area contributed by atoms with E-state index in [1.807, 2.05) is 0 Å². The molecule has 20 heavy (non-hydrogen) atoms. The Kier molecular flexibility index (Phi) is 6.11. The van der Waals surface area contributed by atoms with Crippen molar-refractivity contribution in [3.05, 3.63) is 23.2 Å². The number of rotatable bonds is 8. The summed E-state index contributed by atoms with van der Waals surface area (Å²) in [4.78, 5) is 2.58. The van der Waals surface area contributed by atoms with Gasteiger partial charge in [0.2, 0.25) is 0 Å². The van der Waals surface area contributed by atoms with Crippen molar-refractivity contribution in [2.75, 3.05) is 19.6 Å². The van der Waals surface area contributed by atoms with Crippen molar-refractivity contribution in [3.8, 4) is 0 Å². The molecule has 1 atom stereocenters. The van der Waals surface area contributed by atoms with E-state index in [0.29, 0.717) is 0 Å². The average Bonchev–Trinajstić information content (AvgIpc) is 2.99. The molecule has 0 aromatic carbocycles. The summed E-state index contributed by atoms with van der Waals surface area (Å²) in [6.07, 6.45) is 5.23. The van der Waals surface area contributed by atoms with E-state index in [4.69, 9.17) is 4.42 Å². The number of hydrogen-bond acceptors (Lipinski definition) is 3. The fourth-order valence-corrected chi connectivity index (χ4v) is 3.16. The lowest BCUT2D eigenvalue weighted by atomic mass is 10.0. The van der Waals surface area contributed by atoms with Gasteiger partial charge in [0.05, 0.1) is 6.54 Å². The molecule has 1 aromatic heterocycles. The highest BCUT2D eigenvalue weighted by Crippen LogP contribution is 2.24. The lowest BCUT2D eigenvalue weighted by Gasteiger charge is -2.15. The lowest BCUT2D eigenvalue weighted by molar-refractivity contribution is 0.310. The van der Waals surface area contributed by atoms with E-state index in [2.05, 4.69) is 37.1 Å². The predicted molar refractivity (Wildman–Crippen MR) is 83.7 cm³/mol. The summed E-state index contributed by atoms with van der Waals surface area (Å²) in [5.41, 5.74) is 1.37. The second-order valence-corrected chi connectivity index (χ2v) is 6.15. The molecule has 1 unspecified atom stereocenters. The van der Waals surface area contributed by atoms with Gasteiger partial charge >= 0.3 is 0 Å². The molecular formula is C17H30N2O. The van der Waals surface area contributed by atoms with Crippen molar-refractivity contribution in [2.45, 2.75) is 59.5 Å². The zero-order valence-electron chi connectivity index (χ0n) is 13.4. The minimum Gasteiger partial charge on any atom is -0.465 e. The Balaban J connectivity index is 1.83. The minimum absolute atomic E-state index is 0.854. The van der Waals surface area contributed by atoms with Gasteiger partial charge in [-0.3, -0.25) is 4.90 Å². The molecule has 114 valence electrons. The Hall–Kier alpha value is -0.800. The molecular weight excluding hydrogens is 248 g/mol. The SMILES string of the molecule is CCCNCc1cc(CN2CCC(CCC)C2)c(C)o1. The van der Waals surface area contributed by atoms with Crippen molar-refractivity contribution in [2.24, 2.45) is 5.92 Å². The van der Waals surface area contributed by atoms with Crippen LogP contribution in [0.15, 0.2) is 10.5 Å². The van der Waals surface area contributed by atoms with Crippen LogP contribution in [-0.4, -0.2) is 24.5 Å². The Bertz CT molecular complexity index is 400. The molecule has 1 N–H and O–H groups in total. The van der Waals surface area contributed by atoms with E-state index < -0.39 is 0 Å². The van der Waals surface area contributed by atoms with Gasteiger partial charge < -0.3 is 9.73 Å². The third kappa shape index (κ3) is 4.35. The van der Waals surface area contributed by atoms with Crippen LogP contribution in [0, 0.1) is 12.8 Å². The molecule has 0 amide bonds. The first kappa shape index (κ1) is 15.6. The second-order valence-electron chi connectivity index (χ2n) is 6.15. The Labute approximate surface area is 123 Å². The summed E-state index contributed by atoms with van der Waals surface area (Å²) >= 11 is 0. The Morgan fingerprint density at radius 2 is 2.20 bits per heavy atom. The van der Waals surface area contributed by atoms with E-state index >= 15 is 0 Å². The normalized spacial score (nSPS) is 19.9. The van der Waals surface area contributed by atoms with Gasteiger partial charge in [-0.05, 0) is 51.3 Å². The smallest absolute Gasteiger partial charge is 0.118 e. The van der Waals surface area contributed by atoms with E-state index in [0.717, 1.165) is 37.1 Å². The average molecular weight is 278 g/mol. The van der Waals surface area contributed by atoms with Crippen LogP contribution < -0.4 is 5.32 Å². The number of furan rings is 1. The maximum Gasteiger partial charge on any atom is 0.118 e. The van der Waals surface area contributed by atoms with Gasteiger partial charge in [-0.25, -0.2) is 0 Å². The third-order valence-electron chi connectivity index (χ3n) is 4.26. The molecule has 3 heteroatoms. The van der Waals surface area contributed by atoms with Crippen molar-refractivity contribution in [1.29, 1.82) is 0 Å². The largest absolute Gasteiger partial charge is 0.465 e. The maximum atomic E-state index is 5.86. The summed E-state index contributed by atoms with van der Waals surface area (Å²) in [6.45, 7) is 12.1. The summed E-state index contributed by atoms with van der Waals surface area (Å²) in [6, 6.07) is 2.24. The van der Waals surface area contributed by atoms with Crippen LogP contribution in [0.2, 0.25) is 0 Å². The topological polar surface area (TPSA) is 28.4 Å². The molecule has 0 bridgehead atoms. The van der Waals surface area contributed by atoms with Gasteiger partial charge in [-0.1, -0.05) is 20.3 Å². The molecule has 1 aromatic rings. The van der Waals surface area contributed by atoms with E-state index in [9.17, 15) is 0 Å². The number of nitrogens with zero attached hydrogens (tertiary/aromatic N) is 1. The van der Waals surface area contributed by atoms with Gasteiger partial charge in [0.25, 0.3) is 0 Å². The van der Waals surface area contributed by atoms with Gasteiger partial charge in [-0.2, -0.15) is 0 Å². The highest BCUT2D eigenvalue weighted by atomic mass is 16.3. The molecule has 1 aliphatic heterocycles. The van der Waals surface area contributed by atoms with Crippen molar-refractivity contribution in [1.82, 2.24) is 10.2 Å². The predicted octanol–water partition coefficient (Wildman–Crippen LogP) is 3.71. The minimum atomic E-state index is 0.854. The van der Waals surface area contributed by atoms with Crippen molar-refractivity contribution in [3.63, 3.8) is 0 Å². The molecule has 3 nitrogen and oxygen atoms in total. The molecule has 1 aliphatic rings. The van der Waals surface area contributed by atoms with Crippen molar-refractivity contribution < 1.29 is 4.42 Å². The number of likely N-dealkylation sites (tertiary alicyclic amines) is 1. The first-order valence-corrected chi connectivity index (χ1v) is 8.24. The van der Waals surface area contributed by atoms with Gasteiger partial charge in [0.15, 0.2) is 0 Å². The fourth-order valence-electron chi connectivity index (χ4n) is 3.16. The molecule has 2 rings (SSSR count). The molecule has 1 fully saturated rings. The van der Waals surface area contributed by atoms with Crippen LogP contribution in [-0.2, 0) is 13.1 Å².